The molecule has 2 fully saturated rings. The van der Waals surface area contributed by atoms with Crippen LogP contribution >= 0.6 is 0 Å². The van der Waals surface area contributed by atoms with Gasteiger partial charge in [0, 0.05) is 6.04 Å². The van der Waals surface area contributed by atoms with Crippen LogP contribution in [0.15, 0.2) is 0 Å². The number of aliphatic carboxylic acids is 1. The lowest BCUT2D eigenvalue weighted by Crippen LogP contribution is -2.45. The number of carboxylic acid groups (broad SMARTS) is 1. The van der Waals surface area contributed by atoms with E-state index in [2.05, 4.69) is 0 Å². The summed E-state index contributed by atoms with van der Waals surface area (Å²) in [5, 5.41) is 9.02. The van der Waals surface area contributed by atoms with Crippen molar-refractivity contribution in [3.63, 3.8) is 0 Å². The minimum atomic E-state index is -0.932. The van der Waals surface area contributed by atoms with E-state index < -0.39 is 23.7 Å². The predicted molar refractivity (Wildman–Crippen MR) is 56.0 cm³/mol. The average Bonchev–Trinajstić information content (AvgIpc) is 2.73. The molecule has 1 N–H and O–H groups in total. The molecule has 2 aliphatic rings. The number of piperidine rings is 1. The van der Waals surface area contributed by atoms with E-state index in [-0.39, 0.29) is 6.04 Å². The molecule has 0 aromatic heterocycles. The van der Waals surface area contributed by atoms with Gasteiger partial charge < -0.3 is 9.84 Å². The first-order chi connectivity index (χ1) is 7.29. The van der Waals surface area contributed by atoms with Gasteiger partial charge in [0.1, 0.15) is 11.6 Å². The first-order valence-corrected chi connectivity index (χ1v) is 5.54. The number of hydrogen-bond acceptors (Lipinski definition) is 3. The largest absolute Gasteiger partial charge is 0.480 e. The van der Waals surface area contributed by atoms with Gasteiger partial charge in [0.2, 0.25) is 0 Å². The third kappa shape index (κ3) is 1.99. The topological polar surface area (TPSA) is 66.8 Å². The smallest absolute Gasteiger partial charge is 0.411 e. The number of ether oxygens (including phenoxy) is 1. The number of likely N-dealkylation sites (tertiary alicyclic amines) is 1. The zero-order valence-corrected chi connectivity index (χ0v) is 9.77. The van der Waals surface area contributed by atoms with Crippen LogP contribution in [0.5, 0.6) is 0 Å². The zero-order valence-electron chi connectivity index (χ0n) is 9.77. The second kappa shape index (κ2) is 3.37. The molecule has 1 amide bonds. The first-order valence-electron chi connectivity index (χ1n) is 5.54. The molecule has 3 atom stereocenters. The highest BCUT2D eigenvalue weighted by Crippen LogP contribution is 2.48. The third-order valence-electron chi connectivity index (χ3n) is 2.99. The standard InChI is InChI=1S/C11H17NO4/c1-11(2,3)16-10(15)12-7-4-6(7)5-8(12)9(13)14/h6-8H,4-5H2,1-3H3,(H,13,14)/t6-,7?,8-/m1/s1. The molecule has 5 nitrogen and oxygen atoms in total. The van der Waals surface area contributed by atoms with E-state index in [0.717, 1.165) is 6.42 Å². The van der Waals surface area contributed by atoms with Crippen LogP contribution in [0.2, 0.25) is 0 Å². The van der Waals surface area contributed by atoms with Crippen LogP contribution in [0, 0.1) is 5.92 Å². The molecule has 1 saturated heterocycles. The summed E-state index contributed by atoms with van der Waals surface area (Å²) in [5.74, 6) is -0.563. The minimum absolute atomic E-state index is 0.0935. The maximum absolute atomic E-state index is 11.9. The van der Waals surface area contributed by atoms with Crippen molar-refractivity contribution in [2.75, 3.05) is 0 Å². The predicted octanol–water partition coefficient (Wildman–Crippen LogP) is 1.47. The summed E-state index contributed by atoms with van der Waals surface area (Å²) < 4.78 is 5.22. The van der Waals surface area contributed by atoms with Crippen molar-refractivity contribution >= 4 is 12.1 Å². The summed E-state index contributed by atoms with van der Waals surface area (Å²) >= 11 is 0. The van der Waals surface area contributed by atoms with E-state index in [0.29, 0.717) is 12.3 Å². The fourth-order valence-electron chi connectivity index (χ4n) is 2.25. The van der Waals surface area contributed by atoms with Gasteiger partial charge >= 0.3 is 12.1 Å². The molecule has 90 valence electrons. The fourth-order valence-corrected chi connectivity index (χ4v) is 2.25. The van der Waals surface area contributed by atoms with Crippen LogP contribution in [0.4, 0.5) is 4.79 Å². The number of hydrogen-bond donors (Lipinski definition) is 1. The molecule has 16 heavy (non-hydrogen) atoms. The van der Waals surface area contributed by atoms with Gasteiger partial charge in [-0.3, -0.25) is 4.90 Å². The number of carbonyl (C=O) groups excluding carboxylic acids is 1. The lowest BCUT2D eigenvalue weighted by Gasteiger charge is -2.28. The second-order valence-electron chi connectivity index (χ2n) is 5.54. The minimum Gasteiger partial charge on any atom is -0.480 e. The van der Waals surface area contributed by atoms with Crippen molar-refractivity contribution in [3.8, 4) is 0 Å². The molecular formula is C11H17NO4. The summed E-state index contributed by atoms with van der Waals surface area (Å²) in [6, 6.07) is -0.602. The van der Waals surface area contributed by atoms with Gasteiger partial charge in [0.05, 0.1) is 0 Å². The first kappa shape index (κ1) is 11.2. The van der Waals surface area contributed by atoms with Crippen molar-refractivity contribution in [2.24, 2.45) is 5.92 Å². The zero-order chi connectivity index (χ0) is 12.1. The number of carbonyl (C=O) groups is 2. The maximum atomic E-state index is 11.9. The highest BCUT2D eigenvalue weighted by atomic mass is 16.6. The summed E-state index contributed by atoms with van der Waals surface area (Å²) in [6.45, 7) is 5.34. The molecule has 5 heteroatoms. The Bertz CT molecular complexity index is 333. The van der Waals surface area contributed by atoms with E-state index >= 15 is 0 Å². The Morgan fingerprint density at radius 1 is 1.31 bits per heavy atom. The van der Waals surface area contributed by atoms with Crippen molar-refractivity contribution in [2.45, 2.75) is 51.3 Å². The molecular weight excluding hydrogens is 210 g/mol. The number of nitrogens with zero attached hydrogens (tertiary/aromatic N) is 1. The van der Waals surface area contributed by atoms with Gasteiger partial charge in [0.15, 0.2) is 0 Å². The van der Waals surface area contributed by atoms with Crippen LogP contribution < -0.4 is 0 Å². The van der Waals surface area contributed by atoms with Crippen LogP contribution in [-0.4, -0.2) is 39.8 Å². The van der Waals surface area contributed by atoms with Crippen molar-refractivity contribution in [1.82, 2.24) is 4.90 Å². The Morgan fingerprint density at radius 2 is 1.94 bits per heavy atom. The molecule has 1 aliphatic heterocycles. The highest BCUT2D eigenvalue weighted by Gasteiger charge is 2.57. The molecule has 1 aliphatic carbocycles. The molecule has 2 rings (SSSR count). The Kier molecular flexibility index (Phi) is 2.36. The molecule has 0 bridgehead atoms. The number of carboxylic acids is 1. The van der Waals surface area contributed by atoms with E-state index in [1.54, 1.807) is 20.8 Å². The van der Waals surface area contributed by atoms with Gasteiger partial charge in [-0.25, -0.2) is 9.59 Å². The second-order valence-corrected chi connectivity index (χ2v) is 5.54. The Balaban J connectivity index is 2.07. The Hall–Kier alpha value is -1.26. The van der Waals surface area contributed by atoms with Gasteiger partial charge in [0.25, 0.3) is 0 Å². The van der Waals surface area contributed by atoms with Crippen molar-refractivity contribution < 1.29 is 19.4 Å². The highest BCUT2D eigenvalue weighted by molar-refractivity contribution is 5.82. The van der Waals surface area contributed by atoms with Gasteiger partial charge in [-0.1, -0.05) is 0 Å². The van der Waals surface area contributed by atoms with Crippen LogP contribution in [-0.2, 0) is 9.53 Å². The van der Waals surface area contributed by atoms with Crippen LogP contribution in [0.3, 0.4) is 0 Å². The van der Waals surface area contributed by atoms with E-state index in [1.165, 1.54) is 4.90 Å². The van der Waals surface area contributed by atoms with Crippen molar-refractivity contribution in [1.29, 1.82) is 0 Å². The van der Waals surface area contributed by atoms with Gasteiger partial charge in [-0.2, -0.15) is 0 Å². The number of fused-ring (bicyclic) bond motifs is 1. The molecule has 0 aromatic carbocycles. The van der Waals surface area contributed by atoms with Crippen LogP contribution in [0.1, 0.15) is 33.6 Å². The number of amides is 1. The van der Waals surface area contributed by atoms with Gasteiger partial charge in [-0.05, 0) is 39.5 Å². The molecule has 1 heterocycles. The lowest BCUT2D eigenvalue weighted by molar-refractivity contribution is -0.142. The summed E-state index contributed by atoms with van der Waals surface area (Å²) in [5.41, 5.74) is -0.576. The summed E-state index contributed by atoms with van der Waals surface area (Å²) in [4.78, 5) is 24.3. The van der Waals surface area contributed by atoms with E-state index in [1.807, 2.05) is 0 Å². The maximum Gasteiger partial charge on any atom is 0.411 e. The normalized spacial score (nSPS) is 32.2. The Labute approximate surface area is 94.4 Å². The SMILES string of the molecule is CC(C)(C)OC(=O)N1C2C[C@@H]2C[C@@H]1C(=O)O. The molecule has 0 spiro atoms. The van der Waals surface area contributed by atoms with E-state index in [4.69, 9.17) is 9.84 Å². The lowest BCUT2D eigenvalue weighted by atomic mass is 10.2. The summed E-state index contributed by atoms with van der Waals surface area (Å²) in [6.07, 6.45) is 0.993. The summed E-state index contributed by atoms with van der Waals surface area (Å²) in [7, 11) is 0. The van der Waals surface area contributed by atoms with Crippen LogP contribution in [0.25, 0.3) is 0 Å². The fraction of sp³-hybridized carbons (Fsp3) is 0.818. The Morgan fingerprint density at radius 3 is 2.44 bits per heavy atom. The van der Waals surface area contributed by atoms with Crippen molar-refractivity contribution in [3.05, 3.63) is 0 Å². The molecule has 0 aromatic rings. The molecule has 1 unspecified atom stereocenters. The van der Waals surface area contributed by atoms with E-state index in [9.17, 15) is 9.59 Å². The monoisotopic (exact) mass is 227 g/mol. The molecule has 0 radical (unpaired) electrons. The number of rotatable bonds is 1. The third-order valence-corrected chi connectivity index (χ3v) is 2.99. The average molecular weight is 227 g/mol. The quantitative estimate of drug-likeness (QED) is 0.736. The molecule has 1 saturated carbocycles. The van der Waals surface area contributed by atoms with Gasteiger partial charge in [-0.15, -0.1) is 0 Å².